The van der Waals surface area contributed by atoms with Gasteiger partial charge in [0.25, 0.3) is 0 Å². The SMILES string of the molecule is CCC1CCCC(C(Cc2ncnn2CC(C)C)NN)C1. The Hall–Kier alpha value is -0.940. The Balaban J connectivity index is 2.00. The molecule has 0 bridgehead atoms. The van der Waals surface area contributed by atoms with Gasteiger partial charge in [-0.15, -0.1) is 0 Å². The predicted octanol–water partition coefficient (Wildman–Crippen LogP) is 2.52. The van der Waals surface area contributed by atoms with Crippen molar-refractivity contribution in [3.8, 4) is 0 Å². The summed E-state index contributed by atoms with van der Waals surface area (Å²) in [4.78, 5) is 4.45. The second kappa shape index (κ2) is 7.90. The zero-order chi connectivity index (χ0) is 15.2. The van der Waals surface area contributed by atoms with Gasteiger partial charge in [-0.3, -0.25) is 11.3 Å². The van der Waals surface area contributed by atoms with E-state index in [4.69, 9.17) is 5.84 Å². The van der Waals surface area contributed by atoms with Crippen molar-refractivity contribution >= 4 is 0 Å². The molecule has 0 spiro atoms. The molecular weight excluding hydrogens is 262 g/mol. The highest BCUT2D eigenvalue weighted by atomic mass is 15.3. The van der Waals surface area contributed by atoms with Crippen LogP contribution in [0.15, 0.2) is 6.33 Å². The summed E-state index contributed by atoms with van der Waals surface area (Å²) in [5.41, 5.74) is 3.05. The lowest BCUT2D eigenvalue weighted by Crippen LogP contribution is -2.44. The molecule has 0 amide bonds. The molecule has 21 heavy (non-hydrogen) atoms. The van der Waals surface area contributed by atoms with Crippen molar-refractivity contribution in [1.29, 1.82) is 0 Å². The summed E-state index contributed by atoms with van der Waals surface area (Å²) < 4.78 is 2.04. The number of nitrogens with two attached hydrogens (primary N) is 1. The summed E-state index contributed by atoms with van der Waals surface area (Å²) in [6.07, 6.45) is 9.13. The van der Waals surface area contributed by atoms with Gasteiger partial charge >= 0.3 is 0 Å². The topological polar surface area (TPSA) is 68.8 Å². The first-order valence-corrected chi connectivity index (χ1v) is 8.46. The molecule has 0 saturated heterocycles. The van der Waals surface area contributed by atoms with Crippen molar-refractivity contribution in [2.75, 3.05) is 0 Å². The molecule has 1 saturated carbocycles. The van der Waals surface area contributed by atoms with E-state index in [0.717, 1.165) is 24.7 Å². The molecule has 1 heterocycles. The minimum atomic E-state index is 0.314. The Morgan fingerprint density at radius 2 is 2.24 bits per heavy atom. The minimum absolute atomic E-state index is 0.314. The van der Waals surface area contributed by atoms with Crippen LogP contribution in [-0.4, -0.2) is 20.8 Å². The summed E-state index contributed by atoms with van der Waals surface area (Å²) in [7, 11) is 0. The van der Waals surface area contributed by atoms with Crippen molar-refractivity contribution < 1.29 is 0 Å². The highest BCUT2D eigenvalue weighted by molar-refractivity contribution is 4.93. The molecule has 120 valence electrons. The van der Waals surface area contributed by atoms with E-state index in [1.54, 1.807) is 6.33 Å². The Kier molecular flexibility index (Phi) is 6.18. The fourth-order valence-corrected chi connectivity index (χ4v) is 3.57. The third-order valence-corrected chi connectivity index (χ3v) is 4.82. The Morgan fingerprint density at radius 3 is 2.90 bits per heavy atom. The standard InChI is InChI=1S/C16H31N5/c1-4-13-6-5-7-14(8-13)15(20-17)9-16-18-11-19-21(16)10-12(2)3/h11-15,20H,4-10,17H2,1-3H3. The van der Waals surface area contributed by atoms with Crippen molar-refractivity contribution in [3.05, 3.63) is 12.2 Å². The van der Waals surface area contributed by atoms with Crippen molar-refractivity contribution in [2.45, 2.75) is 71.9 Å². The van der Waals surface area contributed by atoms with E-state index in [9.17, 15) is 0 Å². The predicted molar refractivity (Wildman–Crippen MR) is 85.4 cm³/mol. The van der Waals surface area contributed by atoms with E-state index in [2.05, 4.69) is 36.3 Å². The van der Waals surface area contributed by atoms with Gasteiger partial charge in [0.15, 0.2) is 0 Å². The van der Waals surface area contributed by atoms with Crippen LogP contribution in [0.4, 0.5) is 0 Å². The van der Waals surface area contributed by atoms with Crippen LogP contribution in [-0.2, 0) is 13.0 Å². The van der Waals surface area contributed by atoms with Gasteiger partial charge in [-0.2, -0.15) is 5.10 Å². The Morgan fingerprint density at radius 1 is 1.43 bits per heavy atom. The first-order valence-electron chi connectivity index (χ1n) is 8.46. The van der Waals surface area contributed by atoms with Crippen LogP contribution in [0.3, 0.4) is 0 Å². The third kappa shape index (κ3) is 4.51. The van der Waals surface area contributed by atoms with E-state index in [-0.39, 0.29) is 0 Å². The van der Waals surface area contributed by atoms with Crippen LogP contribution in [0, 0.1) is 17.8 Å². The maximum Gasteiger partial charge on any atom is 0.138 e. The molecule has 1 aliphatic carbocycles. The smallest absolute Gasteiger partial charge is 0.138 e. The molecule has 5 nitrogen and oxygen atoms in total. The molecule has 5 heteroatoms. The van der Waals surface area contributed by atoms with Crippen LogP contribution in [0.5, 0.6) is 0 Å². The lowest BCUT2D eigenvalue weighted by atomic mass is 9.76. The first kappa shape index (κ1) is 16.4. The van der Waals surface area contributed by atoms with Gasteiger partial charge in [-0.1, -0.05) is 40.0 Å². The summed E-state index contributed by atoms with van der Waals surface area (Å²) in [6, 6.07) is 0.314. The molecule has 3 unspecified atom stereocenters. The quantitative estimate of drug-likeness (QED) is 0.599. The Bertz CT molecular complexity index is 415. The van der Waals surface area contributed by atoms with Gasteiger partial charge in [0.2, 0.25) is 0 Å². The molecule has 0 aliphatic heterocycles. The molecule has 3 atom stereocenters. The normalized spacial score (nSPS) is 24.4. The van der Waals surface area contributed by atoms with E-state index in [1.165, 1.54) is 32.1 Å². The number of rotatable bonds is 7. The molecule has 0 aromatic carbocycles. The van der Waals surface area contributed by atoms with Crippen LogP contribution in [0.25, 0.3) is 0 Å². The van der Waals surface area contributed by atoms with Crippen molar-refractivity contribution in [1.82, 2.24) is 20.2 Å². The van der Waals surface area contributed by atoms with Crippen LogP contribution < -0.4 is 11.3 Å². The number of aromatic nitrogens is 3. The van der Waals surface area contributed by atoms with Gasteiger partial charge in [0, 0.05) is 19.0 Å². The average Bonchev–Trinajstić information content (AvgIpc) is 2.91. The molecule has 1 fully saturated rings. The maximum absolute atomic E-state index is 5.85. The van der Waals surface area contributed by atoms with Crippen molar-refractivity contribution in [3.63, 3.8) is 0 Å². The summed E-state index contributed by atoms with van der Waals surface area (Å²) in [5, 5.41) is 4.36. The zero-order valence-corrected chi connectivity index (χ0v) is 13.8. The average molecular weight is 293 g/mol. The number of nitrogens with zero attached hydrogens (tertiary/aromatic N) is 3. The molecule has 0 radical (unpaired) electrons. The monoisotopic (exact) mass is 293 g/mol. The van der Waals surface area contributed by atoms with Gasteiger partial charge in [0.1, 0.15) is 12.2 Å². The van der Waals surface area contributed by atoms with Crippen LogP contribution in [0.2, 0.25) is 0 Å². The fraction of sp³-hybridized carbons (Fsp3) is 0.875. The molecule has 2 rings (SSSR count). The summed E-state index contributed by atoms with van der Waals surface area (Å²) >= 11 is 0. The van der Waals surface area contributed by atoms with E-state index in [0.29, 0.717) is 17.9 Å². The van der Waals surface area contributed by atoms with Gasteiger partial charge in [-0.25, -0.2) is 9.67 Å². The first-order chi connectivity index (χ1) is 10.1. The van der Waals surface area contributed by atoms with Gasteiger partial charge < -0.3 is 0 Å². The van der Waals surface area contributed by atoms with E-state index < -0.39 is 0 Å². The number of hydrogen-bond donors (Lipinski definition) is 2. The van der Waals surface area contributed by atoms with Crippen LogP contribution >= 0.6 is 0 Å². The Labute approximate surface area is 128 Å². The maximum atomic E-state index is 5.85. The highest BCUT2D eigenvalue weighted by Crippen LogP contribution is 2.33. The second-order valence-corrected chi connectivity index (χ2v) is 6.93. The van der Waals surface area contributed by atoms with E-state index in [1.807, 2.05) is 4.68 Å². The molecule has 3 N–H and O–H groups in total. The highest BCUT2D eigenvalue weighted by Gasteiger charge is 2.28. The largest absolute Gasteiger partial charge is 0.271 e. The zero-order valence-electron chi connectivity index (χ0n) is 13.8. The lowest BCUT2D eigenvalue weighted by molar-refractivity contribution is 0.205. The number of hydrazine groups is 1. The van der Waals surface area contributed by atoms with E-state index >= 15 is 0 Å². The number of nitrogens with one attached hydrogen (secondary N) is 1. The van der Waals surface area contributed by atoms with Gasteiger partial charge in [-0.05, 0) is 30.6 Å². The third-order valence-electron chi connectivity index (χ3n) is 4.82. The molecule has 1 aliphatic rings. The lowest BCUT2D eigenvalue weighted by Gasteiger charge is -2.33. The molecular formula is C16H31N5. The fourth-order valence-electron chi connectivity index (χ4n) is 3.57. The minimum Gasteiger partial charge on any atom is -0.271 e. The summed E-state index contributed by atoms with van der Waals surface area (Å²) in [5.74, 6) is 9.02. The van der Waals surface area contributed by atoms with Gasteiger partial charge in [0.05, 0.1) is 0 Å². The second-order valence-electron chi connectivity index (χ2n) is 6.93. The molecule has 1 aromatic rings. The van der Waals surface area contributed by atoms with Crippen LogP contribution in [0.1, 0.15) is 58.7 Å². The number of hydrogen-bond acceptors (Lipinski definition) is 4. The summed E-state index contributed by atoms with van der Waals surface area (Å²) in [6.45, 7) is 7.64. The van der Waals surface area contributed by atoms with Crippen molar-refractivity contribution in [2.24, 2.45) is 23.6 Å². The molecule has 1 aromatic heterocycles.